The van der Waals surface area contributed by atoms with Gasteiger partial charge in [0, 0.05) is 12.0 Å². The van der Waals surface area contributed by atoms with E-state index < -0.39 is 6.36 Å². The molecule has 1 aromatic heterocycles. The fourth-order valence-electron chi connectivity index (χ4n) is 2.47. The first-order valence-electron chi connectivity index (χ1n) is 6.77. The van der Waals surface area contributed by atoms with Crippen LogP contribution in [0.1, 0.15) is 35.7 Å². The van der Waals surface area contributed by atoms with Crippen LogP contribution in [0.5, 0.6) is 5.75 Å². The zero-order valence-corrected chi connectivity index (χ0v) is 11.7. The van der Waals surface area contributed by atoms with Crippen molar-refractivity contribution in [2.75, 3.05) is 0 Å². The van der Waals surface area contributed by atoms with E-state index in [-0.39, 0.29) is 5.75 Å². The quantitative estimate of drug-likeness (QED) is 0.846. The van der Waals surface area contributed by atoms with E-state index in [1.165, 1.54) is 12.1 Å². The maximum Gasteiger partial charge on any atom is 0.573 e. The lowest BCUT2D eigenvalue weighted by atomic mass is 10.1. The van der Waals surface area contributed by atoms with Crippen LogP contribution in [-0.2, 0) is 0 Å². The molecule has 0 bridgehead atoms. The summed E-state index contributed by atoms with van der Waals surface area (Å²) in [5.74, 6) is 0.228. The summed E-state index contributed by atoms with van der Waals surface area (Å²) in [5, 5.41) is 4.46. The van der Waals surface area contributed by atoms with Crippen molar-refractivity contribution in [1.82, 2.24) is 9.78 Å². The number of alkyl halides is 3. The first-order chi connectivity index (χ1) is 9.85. The molecule has 3 rings (SSSR count). The van der Waals surface area contributed by atoms with Crippen molar-refractivity contribution >= 4 is 0 Å². The first-order valence-corrected chi connectivity index (χ1v) is 6.77. The van der Waals surface area contributed by atoms with Crippen LogP contribution in [-0.4, -0.2) is 16.1 Å². The number of hydrogen-bond donors (Lipinski definition) is 0. The third kappa shape index (κ3) is 2.89. The Kier molecular flexibility index (Phi) is 3.19. The fourth-order valence-corrected chi connectivity index (χ4v) is 2.47. The zero-order chi connectivity index (χ0) is 15.2. The van der Waals surface area contributed by atoms with Crippen molar-refractivity contribution in [3.8, 4) is 11.4 Å². The Labute approximate surface area is 120 Å². The molecular weight excluding hydrogens is 281 g/mol. The first kappa shape index (κ1) is 14.0. The fraction of sp³-hybridized carbons (Fsp3) is 0.400. The molecule has 0 amide bonds. The van der Waals surface area contributed by atoms with Gasteiger partial charge in [-0.05, 0) is 44.4 Å². The van der Waals surface area contributed by atoms with E-state index in [9.17, 15) is 13.2 Å². The van der Waals surface area contributed by atoms with Gasteiger partial charge < -0.3 is 4.74 Å². The van der Waals surface area contributed by atoms with Gasteiger partial charge in [0.1, 0.15) is 5.75 Å². The van der Waals surface area contributed by atoms with Crippen LogP contribution in [0, 0.1) is 13.8 Å². The van der Waals surface area contributed by atoms with Crippen LogP contribution in [0.4, 0.5) is 13.2 Å². The van der Waals surface area contributed by atoms with Crippen LogP contribution in [0.15, 0.2) is 24.3 Å². The summed E-state index contributed by atoms with van der Waals surface area (Å²) in [6.07, 6.45) is -2.48. The number of hydrogen-bond acceptors (Lipinski definition) is 2. The average Bonchev–Trinajstić information content (AvgIpc) is 3.16. The molecule has 112 valence electrons. The molecule has 0 unspecified atom stereocenters. The molecule has 1 aliphatic carbocycles. The average molecular weight is 296 g/mol. The normalized spacial score (nSPS) is 15.3. The third-order valence-corrected chi connectivity index (χ3v) is 3.66. The Morgan fingerprint density at radius 1 is 1.24 bits per heavy atom. The Morgan fingerprint density at radius 3 is 2.57 bits per heavy atom. The summed E-state index contributed by atoms with van der Waals surface area (Å²) >= 11 is 0. The number of benzene rings is 1. The van der Waals surface area contributed by atoms with Gasteiger partial charge in [0.2, 0.25) is 0 Å². The van der Waals surface area contributed by atoms with Crippen molar-refractivity contribution in [3.63, 3.8) is 0 Å². The van der Waals surface area contributed by atoms with Crippen LogP contribution in [0.3, 0.4) is 0 Å². The highest BCUT2D eigenvalue weighted by Crippen LogP contribution is 2.43. The number of halogens is 3. The summed E-state index contributed by atoms with van der Waals surface area (Å²) in [6.45, 7) is 3.91. The van der Waals surface area contributed by atoms with Crippen LogP contribution in [0.25, 0.3) is 5.69 Å². The highest BCUT2D eigenvalue weighted by Gasteiger charge is 2.32. The summed E-state index contributed by atoms with van der Waals surface area (Å²) in [4.78, 5) is 0. The molecule has 0 saturated heterocycles. The maximum atomic E-state index is 12.3. The predicted molar refractivity (Wildman–Crippen MR) is 71.7 cm³/mol. The van der Waals surface area contributed by atoms with E-state index >= 15 is 0 Å². The summed E-state index contributed by atoms with van der Waals surface area (Å²) in [6, 6.07) is 5.93. The van der Waals surface area contributed by atoms with E-state index in [2.05, 4.69) is 9.84 Å². The molecule has 0 radical (unpaired) electrons. The van der Waals surface area contributed by atoms with Gasteiger partial charge in [0.05, 0.1) is 17.1 Å². The number of aromatic nitrogens is 2. The Bertz CT molecular complexity index is 672. The number of aryl methyl sites for hydroxylation is 1. The lowest BCUT2D eigenvalue weighted by Gasteiger charge is -2.12. The largest absolute Gasteiger partial charge is 0.573 e. The molecule has 0 aliphatic heterocycles. The molecular formula is C15H15F3N2O. The summed E-state index contributed by atoms with van der Waals surface area (Å²) in [7, 11) is 0. The van der Waals surface area contributed by atoms with Crippen LogP contribution in [0.2, 0.25) is 0 Å². The number of ether oxygens (including phenoxy) is 1. The molecule has 1 saturated carbocycles. The van der Waals surface area contributed by atoms with E-state index in [0.717, 1.165) is 29.8 Å². The van der Waals surface area contributed by atoms with E-state index in [4.69, 9.17) is 0 Å². The lowest BCUT2D eigenvalue weighted by molar-refractivity contribution is -0.274. The highest BCUT2D eigenvalue weighted by molar-refractivity contribution is 5.43. The molecule has 0 atom stereocenters. The van der Waals surface area contributed by atoms with Crippen molar-refractivity contribution in [2.24, 2.45) is 0 Å². The second-order valence-corrected chi connectivity index (χ2v) is 5.33. The van der Waals surface area contributed by atoms with Gasteiger partial charge in [-0.2, -0.15) is 5.10 Å². The minimum absolute atomic E-state index is 0.229. The van der Waals surface area contributed by atoms with Gasteiger partial charge >= 0.3 is 6.36 Å². The molecule has 1 aromatic carbocycles. The molecule has 21 heavy (non-hydrogen) atoms. The van der Waals surface area contributed by atoms with Crippen LogP contribution >= 0.6 is 0 Å². The maximum absolute atomic E-state index is 12.3. The van der Waals surface area contributed by atoms with Crippen molar-refractivity contribution in [3.05, 3.63) is 41.2 Å². The van der Waals surface area contributed by atoms with Gasteiger partial charge in [-0.1, -0.05) is 6.07 Å². The molecule has 1 fully saturated rings. The molecule has 0 spiro atoms. The molecule has 2 aromatic rings. The smallest absolute Gasteiger partial charge is 0.406 e. The summed E-state index contributed by atoms with van der Waals surface area (Å²) < 4.78 is 42.7. The van der Waals surface area contributed by atoms with E-state index in [1.807, 2.05) is 13.8 Å². The molecule has 0 N–H and O–H groups in total. The Balaban J connectivity index is 2.01. The molecule has 3 nitrogen and oxygen atoms in total. The summed E-state index contributed by atoms with van der Waals surface area (Å²) in [5.41, 5.74) is 3.70. The molecule has 6 heteroatoms. The van der Waals surface area contributed by atoms with Crippen molar-refractivity contribution < 1.29 is 17.9 Å². The SMILES string of the molecule is Cc1nn(-c2cccc(OC(F)(F)F)c2)c(C2CC2)c1C. The second kappa shape index (κ2) is 4.79. The molecule has 1 heterocycles. The topological polar surface area (TPSA) is 27.1 Å². The second-order valence-electron chi connectivity index (χ2n) is 5.33. The minimum atomic E-state index is -4.69. The van der Waals surface area contributed by atoms with E-state index in [1.54, 1.807) is 16.8 Å². The van der Waals surface area contributed by atoms with Gasteiger partial charge in [-0.15, -0.1) is 13.2 Å². The van der Waals surface area contributed by atoms with Crippen LogP contribution < -0.4 is 4.74 Å². The minimum Gasteiger partial charge on any atom is -0.406 e. The molecule has 1 aliphatic rings. The highest BCUT2D eigenvalue weighted by atomic mass is 19.4. The van der Waals surface area contributed by atoms with Gasteiger partial charge in [-0.3, -0.25) is 0 Å². The zero-order valence-electron chi connectivity index (χ0n) is 11.7. The van der Waals surface area contributed by atoms with Gasteiger partial charge in [0.15, 0.2) is 0 Å². The predicted octanol–water partition coefficient (Wildman–Crippen LogP) is 4.27. The standard InChI is InChI=1S/C15H15F3N2O/c1-9-10(2)19-20(14(9)11-6-7-11)12-4-3-5-13(8-12)21-15(16,17)18/h3-5,8,11H,6-7H2,1-2H3. The van der Waals surface area contributed by atoms with Crippen molar-refractivity contribution in [1.29, 1.82) is 0 Å². The van der Waals surface area contributed by atoms with Crippen molar-refractivity contribution in [2.45, 2.75) is 39.0 Å². The Morgan fingerprint density at radius 2 is 1.95 bits per heavy atom. The monoisotopic (exact) mass is 296 g/mol. The van der Waals surface area contributed by atoms with E-state index in [0.29, 0.717) is 11.6 Å². The Hall–Kier alpha value is -1.98. The third-order valence-electron chi connectivity index (χ3n) is 3.66. The lowest BCUT2D eigenvalue weighted by Crippen LogP contribution is -2.17. The number of nitrogens with zero attached hydrogens (tertiary/aromatic N) is 2. The van der Waals surface area contributed by atoms with Gasteiger partial charge in [0.25, 0.3) is 0 Å². The number of rotatable bonds is 3. The van der Waals surface area contributed by atoms with Gasteiger partial charge in [-0.25, -0.2) is 4.68 Å².